The van der Waals surface area contributed by atoms with Crippen LogP contribution in [0.1, 0.15) is 39.5 Å². The second-order valence-corrected chi connectivity index (χ2v) is 7.75. The summed E-state index contributed by atoms with van der Waals surface area (Å²) in [5.41, 5.74) is 0.0658. The SMILES string of the molecule is CC1(C)CN(c2cc(F)c(OC(F)(F)CO)c(F)c2)[C@@H]2CCCC[C@H]2N1. The summed E-state index contributed by atoms with van der Waals surface area (Å²) in [6.07, 6.45) is -0.0233. The summed E-state index contributed by atoms with van der Waals surface area (Å²) >= 11 is 0. The van der Waals surface area contributed by atoms with Gasteiger partial charge in [-0.2, -0.15) is 8.78 Å². The van der Waals surface area contributed by atoms with Crippen LogP contribution in [-0.4, -0.2) is 42.0 Å². The van der Waals surface area contributed by atoms with E-state index in [0.29, 0.717) is 12.2 Å². The zero-order valence-corrected chi connectivity index (χ0v) is 14.9. The number of aliphatic hydroxyl groups is 1. The third-order valence-corrected chi connectivity index (χ3v) is 5.02. The standard InChI is InChI=1S/C18H24F4N2O2/c1-17(2)9-24(15-6-4-3-5-14(15)23-17)11-7-12(19)16(13(20)8-11)26-18(21,22)10-25/h7-8,14-15,23,25H,3-6,9-10H2,1-2H3/t14-,15-/m1/s1. The molecule has 1 aliphatic heterocycles. The minimum atomic E-state index is -4.05. The second kappa shape index (κ2) is 6.88. The molecule has 3 rings (SSSR count). The normalized spacial score (nSPS) is 25.7. The molecule has 1 saturated heterocycles. The number of halogens is 4. The summed E-state index contributed by atoms with van der Waals surface area (Å²) in [6, 6.07) is 2.37. The maximum absolute atomic E-state index is 14.3. The van der Waals surface area contributed by atoms with Crippen molar-refractivity contribution in [1.82, 2.24) is 5.32 Å². The van der Waals surface area contributed by atoms with Gasteiger partial charge in [-0.1, -0.05) is 12.8 Å². The summed E-state index contributed by atoms with van der Waals surface area (Å²) in [5.74, 6) is -3.60. The highest BCUT2D eigenvalue weighted by Crippen LogP contribution is 2.37. The highest BCUT2D eigenvalue weighted by molar-refractivity contribution is 5.53. The number of anilines is 1. The molecule has 0 unspecified atom stereocenters. The molecule has 2 aliphatic rings. The molecule has 0 spiro atoms. The Labute approximate surface area is 150 Å². The average Bonchev–Trinajstić information content (AvgIpc) is 2.56. The number of benzene rings is 1. The first-order chi connectivity index (χ1) is 12.1. The van der Waals surface area contributed by atoms with Crippen LogP contribution in [0.25, 0.3) is 0 Å². The van der Waals surface area contributed by atoms with Gasteiger partial charge in [0.2, 0.25) is 0 Å². The van der Waals surface area contributed by atoms with E-state index >= 15 is 0 Å². The number of rotatable bonds is 4. The maximum atomic E-state index is 14.3. The van der Waals surface area contributed by atoms with Crippen molar-refractivity contribution in [3.63, 3.8) is 0 Å². The molecule has 1 heterocycles. The molecule has 0 amide bonds. The van der Waals surface area contributed by atoms with Crippen LogP contribution in [0.4, 0.5) is 23.2 Å². The van der Waals surface area contributed by atoms with Crippen molar-refractivity contribution in [3.8, 4) is 5.75 Å². The van der Waals surface area contributed by atoms with Gasteiger partial charge in [-0.25, -0.2) is 8.78 Å². The molecule has 4 nitrogen and oxygen atoms in total. The van der Waals surface area contributed by atoms with Crippen molar-refractivity contribution in [2.75, 3.05) is 18.1 Å². The molecule has 1 aliphatic carbocycles. The molecule has 2 fully saturated rings. The van der Waals surface area contributed by atoms with Crippen molar-refractivity contribution >= 4 is 5.69 Å². The lowest BCUT2D eigenvalue weighted by Gasteiger charge is -2.52. The van der Waals surface area contributed by atoms with Crippen LogP contribution in [0.5, 0.6) is 5.75 Å². The number of hydrogen-bond acceptors (Lipinski definition) is 4. The minimum Gasteiger partial charge on any atom is -0.425 e. The lowest BCUT2D eigenvalue weighted by Crippen LogP contribution is -2.67. The highest BCUT2D eigenvalue weighted by Gasteiger charge is 2.41. The molecule has 1 aromatic rings. The Kier molecular flexibility index (Phi) is 5.09. The molecule has 0 radical (unpaired) electrons. The Morgan fingerprint density at radius 1 is 1.23 bits per heavy atom. The quantitative estimate of drug-likeness (QED) is 0.791. The van der Waals surface area contributed by atoms with Crippen LogP contribution in [0.2, 0.25) is 0 Å². The van der Waals surface area contributed by atoms with Crippen molar-refractivity contribution < 1.29 is 27.4 Å². The van der Waals surface area contributed by atoms with Crippen molar-refractivity contribution in [2.24, 2.45) is 0 Å². The fraction of sp³-hybridized carbons (Fsp3) is 0.667. The fourth-order valence-corrected chi connectivity index (χ4v) is 4.02. The van der Waals surface area contributed by atoms with E-state index in [-0.39, 0.29) is 17.6 Å². The van der Waals surface area contributed by atoms with Gasteiger partial charge in [-0.05, 0) is 26.7 Å². The number of nitrogens with one attached hydrogen (secondary N) is 1. The van der Waals surface area contributed by atoms with E-state index < -0.39 is 30.1 Å². The van der Waals surface area contributed by atoms with Crippen LogP contribution >= 0.6 is 0 Å². The second-order valence-electron chi connectivity index (χ2n) is 7.75. The summed E-state index contributed by atoms with van der Waals surface area (Å²) < 4.78 is 59.0. The number of alkyl halides is 2. The van der Waals surface area contributed by atoms with E-state index in [1.54, 1.807) is 0 Å². The number of fused-ring (bicyclic) bond motifs is 1. The summed E-state index contributed by atoms with van der Waals surface area (Å²) in [5, 5.41) is 12.1. The zero-order valence-electron chi connectivity index (χ0n) is 14.9. The predicted molar refractivity (Wildman–Crippen MR) is 89.6 cm³/mol. The molecule has 0 bridgehead atoms. The van der Waals surface area contributed by atoms with Gasteiger partial charge in [-0.15, -0.1) is 0 Å². The summed E-state index contributed by atoms with van der Waals surface area (Å²) in [7, 11) is 0. The Morgan fingerprint density at radius 2 is 1.85 bits per heavy atom. The van der Waals surface area contributed by atoms with Gasteiger partial charge in [0.05, 0.1) is 0 Å². The third kappa shape index (κ3) is 3.91. The van der Waals surface area contributed by atoms with Crippen LogP contribution < -0.4 is 15.0 Å². The Morgan fingerprint density at radius 3 is 2.46 bits per heavy atom. The van der Waals surface area contributed by atoms with Gasteiger partial charge >= 0.3 is 6.11 Å². The van der Waals surface area contributed by atoms with Crippen LogP contribution in [-0.2, 0) is 0 Å². The summed E-state index contributed by atoms with van der Waals surface area (Å²) in [4.78, 5) is 1.96. The number of hydrogen-bond donors (Lipinski definition) is 2. The van der Waals surface area contributed by atoms with Crippen LogP contribution in [0.15, 0.2) is 12.1 Å². The fourth-order valence-electron chi connectivity index (χ4n) is 4.02. The number of ether oxygens (including phenoxy) is 1. The first-order valence-corrected chi connectivity index (χ1v) is 8.83. The van der Waals surface area contributed by atoms with Crippen molar-refractivity contribution in [1.29, 1.82) is 0 Å². The lowest BCUT2D eigenvalue weighted by molar-refractivity contribution is -0.203. The molecule has 8 heteroatoms. The smallest absolute Gasteiger partial charge is 0.421 e. The van der Waals surface area contributed by atoms with Gasteiger partial charge in [0.15, 0.2) is 17.4 Å². The first-order valence-electron chi connectivity index (χ1n) is 8.83. The molecule has 2 N–H and O–H groups in total. The molecule has 26 heavy (non-hydrogen) atoms. The topological polar surface area (TPSA) is 44.7 Å². The monoisotopic (exact) mass is 376 g/mol. The molecular formula is C18H24F4N2O2. The predicted octanol–water partition coefficient (Wildman–Crippen LogP) is 3.43. The third-order valence-electron chi connectivity index (χ3n) is 5.02. The molecule has 0 aromatic heterocycles. The van der Waals surface area contributed by atoms with E-state index in [0.717, 1.165) is 37.8 Å². The summed E-state index contributed by atoms with van der Waals surface area (Å²) in [6.45, 7) is 2.93. The van der Waals surface area contributed by atoms with E-state index in [2.05, 4.69) is 10.1 Å². The van der Waals surface area contributed by atoms with Crippen molar-refractivity contribution in [2.45, 2.75) is 63.3 Å². The lowest BCUT2D eigenvalue weighted by atomic mass is 9.83. The van der Waals surface area contributed by atoms with Crippen LogP contribution in [0.3, 0.4) is 0 Å². The first kappa shape index (κ1) is 19.2. The number of piperazine rings is 1. The molecular weight excluding hydrogens is 352 g/mol. The molecule has 1 aromatic carbocycles. The number of aliphatic hydroxyl groups excluding tert-OH is 1. The molecule has 1 saturated carbocycles. The minimum absolute atomic E-state index is 0.0984. The largest absolute Gasteiger partial charge is 0.425 e. The van der Waals surface area contributed by atoms with Crippen LogP contribution in [0, 0.1) is 11.6 Å². The highest BCUT2D eigenvalue weighted by atomic mass is 19.3. The average molecular weight is 376 g/mol. The zero-order chi connectivity index (χ0) is 19.1. The van der Waals surface area contributed by atoms with Gasteiger partial charge < -0.3 is 20.1 Å². The molecule has 2 atom stereocenters. The molecule has 146 valence electrons. The Bertz CT molecular complexity index is 646. The van der Waals surface area contributed by atoms with Gasteiger partial charge in [-0.3, -0.25) is 0 Å². The number of nitrogens with zero attached hydrogens (tertiary/aromatic N) is 1. The van der Waals surface area contributed by atoms with Crippen molar-refractivity contribution in [3.05, 3.63) is 23.8 Å². The van der Waals surface area contributed by atoms with E-state index in [1.807, 2.05) is 18.7 Å². The Balaban J connectivity index is 1.92. The van der Waals surface area contributed by atoms with E-state index in [9.17, 15) is 17.6 Å². The van der Waals surface area contributed by atoms with E-state index in [4.69, 9.17) is 5.11 Å². The van der Waals surface area contributed by atoms with E-state index in [1.165, 1.54) is 0 Å². The van der Waals surface area contributed by atoms with Gasteiger partial charge in [0.25, 0.3) is 0 Å². The Hall–Kier alpha value is -1.54. The van der Waals surface area contributed by atoms with Gasteiger partial charge in [0.1, 0.15) is 6.61 Å². The maximum Gasteiger partial charge on any atom is 0.421 e. The van der Waals surface area contributed by atoms with Gasteiger partial charge in [0, 0.05) is 42.0 Å².